The highest BCUT2D eigenvalue weighted by atomic mass is 32.2. The molecule has 1 amide bonds. The van der Waals surface area contributed by atoms with Crippen LogP contribution in [-0.4, -0.2) is 29.8 Å². The van der Waals surface area contributed by atoms with E-state index in [0.717, 1.165) is 19.9 Å². The van der Waals surface area contributed by atoms with Gasteiger partial charge >= 0.3 is 6.09 Å². The molecule has 1 heterocycles. The molecule has 2 aromatic carbocycles. The summed E-state index contributed by atoms with van der Waals surface area (Å²) in [7, 11) is 1.61. The number of halogens is 1. The van der Waals surface area contributed by atoms with E-state index in [1.54, 1.807) is 25.3 Å². The molecule has 0 aliphatic heterocycles. The normalized spacial score (nSPS) is 10.6. The molecule has 0 saturated carbocycles. The van der Waals surface area contributed by atoms with Gasteiger partial charge in [-0.15, -0.1) is 11.3 Å². The van der Waals surface area contributed by atoms with Gasteiger partial charge in [0.05, 0.1) is 22.0 Å². The largest absolute Gasteiger partial charge is 0.497 e. The van der Waals surface area contributed by atoms with E-state index in [1.807, 2.05) is 24.3 Å². The van der Waals surface area contributed by atoms with Crippen LogP contribution in [0.2, 0.25) is 0 Å². The van der Waals surface area contributed by atoms with Crippen molar-refractivity contribution in [1.29, 1.82) is 0 Å². The van der Waals surface area contributed by atoms with Crippen molar-refractivity contribution in [2.45, 2.75) is 15.5 Å². The molecule has 0 saturated heterocycles. The lowest BCUT2D eigenvalue weighted by Gasteiger charge is -2.05. The number of nitrogens with zero attached hydrogens (tertiary/aromatic N) is 1. The molecule has 0 aliphatic rings. The van der Waals surface area contributed by atoms with E-state index in [4.69, 9.17) is 9.84 Å². The second-order valence-electron chi connectivity index (χ2n) is 5.49. The number of methoxy groups -OCH3 is 1. The molecule has 3 aromatic rings. The number of amides is 1. The summed E-state index contributed by atoms with van der Waals surface area (Å²) in [6, 6.07) is 14.1. The Morgan fingerprint density at radius 2 is 2.11 bits per heavy atom. The maximum absolute atomic E-state index is 14.3. The van der Waals surface area contributed by atoms with E-state index in [9.17, 15) is 9.18 Å². The average molecular weight is 404 g/mol. The number of thiazole rings is 1. The number of carbonyl (C=O) groups is 1. The summed E-state index contributed by atoms with van der Waals surface area (Å²) >= 11 is 2.91. The minimum Gasteiger partial charge on any atom is -0.497 e. The number of ether oxygens (including phenoxy) is 1. The van der Waals surface area contributed by atoms with Crippen LogP contribution in [0.3, 0.4) is 0 Å². The van der Waals surface area contributed by atoms with Crippen molar-refractivity contribution in [2.24, 2.45) is 0 Å². The molecule has 0 bridgehead atoms. The molecule has 140 valence electrons. The van der Waals surface area contributed by atoms with Crippen LogP contribution < -0.4 is 10.1 Å². The van der Waals surface area contributed by atoms with Crippen LogP contribution in [0.25, 0.3) is 11.3 Å². The summed E-state index contributed by atoms with van der Waals surface area (Å²) < 4.78 is 20.4. The number of rotatable bonds is 7. The fourth-order valence-corrected chi connectivity index (χ4v) is 4.74. The Bertz CT molecular complexity index is 946. The molecule has 0 spiro atoms. The number of benzene rings is 2. The van der Waals surface area contributed by atoms with Gasteiger partial charge < -0.3 is 15.2 Å². The van der Waals surface area contributed by atoms with Crippen molar-refractivity contribution in [3.05, 3.63) is 59.4 Å². The summed E-state index contributed by atoms with van der Waals surface area (Å²) in [5, 5.41) is 11.8. The zero-order valence-corrected chi connectivity index (χ0v) is 16.1. The van der Waals surface area contributed by atoms with Gasteiger partial charge in [0.1, 0.15) is 11.6 Å². The molecule has 3 rings (SSSR count). The molecule has 1 aromatic heterocycles. The molecule has 27 heavy (non-hydrogen) atoms. The van der Waals surface area contributed by atoms with Gasteiger partial charge in [0.15, 0.2) is 0 Å². The third-order valence-corrected chi connectivity index (χ3v) is 5.91. The van der Waals surface area contributed by atoms with Crippen LogP contribution >= 0.6 is 23.1 Å². The highest BCUT2D eigenvalue weighted by Gasteiger charge is 2.17. The summed E-state index contributed by atoms with van der Waals surface area (Å²) in [6.07, 6.45) is -0.635. The van der Waals surface area contributed by atoms with E-state index >= 15 is 0 Å². The van der Waals surface area contributed by atoms with Gasteiger partial charge in [0.2, 0.25) is 0 Å². The Labute approximate surface area is 164 Å². The van der Waals surface area contributed by atoms with Crippen LogP contribution in [0.15, 0.2) is 57.6 Å². The molecule has 0 aliphatic carbocycles. The minimum absolute atomic E-state index is 0.253. The van der Waals surface area contributed by atoms with Crippen molar-refractivity contribution in [3.8, 4) is 17.0 Å². The zero-order valence-electron chi connectivity index (χ0n) is 14.4. The summed E-state index contributed by atoms with van der Waals surface area (Å²) in [5.74, 6) is 0.397. The predicted octanol–water partition coefficient (Wildman–Crippen LogP) is 4.92. The fraction of sp³-hybridized carbons (Fsp3) is 0.158. The maximum Gasteiger partial charge on any atom is 0.404 e. The van der Waals surface area contributed by atoms with Gasteiger partial charge in [-0.05, 0) is 30.3 Å². The zero-order chi connectivity index (χ0) is 19.2. The van der Waals surface area contributed by atoms with Crippen molar-refractivity contribution in [1.82, 2.24) is 10.3 Å². The second kappa shape index (κ2) is 8.88. The molecule has 0 unspecified atom stereocenters. The average Bonchev–Trinajstić information content (AvgIpc) is 3.04. The van der Waals surface area contributed by atoms with E-state index in [0.29, 0.717) is 17.7 Å². The maximum atomic E-state index is 14.3. The smallest absolute Gasteiger partial charge is 0.404 e. The number of hydrogen-bond acceptors (Lipinski definition) is 5. The van der Waals surface area contributed by atoms with E-state index < -0.39 is 6.09 Å². The fourth-order valence-electron chi connectivity index (χ4n) is 2.40. The van der Waals surface area contributed by atoms with E-state index in [-0.39, 0.29) is 12.4 Å². The number of carboxylic acid groups (broad SMARTS) is 1. The van der Waals surface area contributed by atoms with Gasteiger partial charge in [-0.25, -0.2) is 14.2 Å². The first-order valence-electron chi connectivity index (χ1n) is 8.10. The minimum atomic E-state index is -1.08. The lowest BCUT2D eigenvalue weighted by Crippen LogP contribution is -2.23. The molecule has 0 radical (unpaired) electrons. The molecule has 0 atom stereocenters. The molecule has 5 nitrogen and oxygen atoms in total. The van der Waals surface area contributed by atoms with E-state index in [1.165, 1.54) is 29.2 Å². The quantitative estimate of drug-likeness (QED) is 0.585. The second-order valence-corrected chi connectivity index (χ2v) is 7.91. The van der Waals surface area contributed by atoms with Crippen LogP contribution in [0.4, 0.5) is 9.18 Å². The van der Waals surface area contributed by atoms with Gasteiger partial charge in [-0.2, -0.15) is 0 Å². The molecular weight excluding hydrogens is 387 g/mol. The Hall–Kier alpha value is -2.58. The predicted molar refractivity (Wildman–Crippen MR) is 104 cm³/mol. The summed E-state index contributed by atoms with van der Waals surface area (Å²) in [4.78, 5) is 16.2. The Morgan fingerprint density at radius 1 is 1.30 bits per heavy atom. The third-order valence-electron chi connectivity index (χ3n) is 3.64. The standard InChI is InChI=1S/C19H17FN2O3S2/c1-25-12-5-4-6-13(11-12)26-18-17(14-7-2-3-8-15(14)20)22-16(27-18)9-10-21-19(23)24/h2-8,11,21H,9-10H2,1H3,(H,23,24). The summed E-state index contributed by atoms with van der Waals surface area (Å²) in [6.45, 7) is 0.253. The Morgan fingerprint density at radius 3 is 2.85 bits per heavy atom. The van der Waals surface area contributed by atoms with Crippen molar-refractivity contribution < 1.29 is 19.0 Å². The van der Waals surface area contributed by atoms with Crippen molar-refractivity contribution in [2.75, 3.05) is 13.7 Å². The van der Waals surface area contributed by atoms with Gasteiger partial charge in [0.25, 0.3) is 0 Å². The Balaban J connectivity index is 1.93. The van der Waals surface area contributed by atoms with Gasteiger partial charge in [-0.3, -0.25) is 0 Å². The lowest BCUT2D eigenvalue weighted by atomic mass is 10.1. The van der Waals surface area contributed by atoms with Crippen molar-refractivity contribution in [3.63, 3.8) is 0 Å². The molecule has 2 N–H and O–H groups in total. The number of aromatic nitrogens is 1. The first kappa shape index (κ1) is 19.2. The van der Waals surface area contributed by atoms with Crippen LogP contribution in [0.5, 0.6) is 5.75 Å². The molecule has 8 heteroatoms. The summed E-state index contributed by atoms with van der Waals surface area (Å²) in [5.41, 5.74) is 0.993. The topological polar surface area (TPSA) is 71.5 Å². The number of hydrogen-bond donors (Lipinski definition) is 2. The molecular formula is C19H17FN2O3S2. The SMILES string of the molecule is COc1cccc(Sc2sc(CCNC(=O)O)nc2-c2ccccc2F)c1. The van der Waals surface area contributed by atoms with Crippen molar-refractivity contribution >= 4 is 29.2 Å². The van der Waals surface area contributed by atoms with Crippen LogP contribution in [-0.2, 0) is 6.42 Å². The highest BCUT2D eigenvalue weighted by Crippen LogP contribution is 2.41. The monoisotopic (exact) mass is 404 g/mol. The Kier molecular flexibility index (Phi) is 6.31. The van der Waals surface area contributed by atoms with Crippen LogP contribution in [0.1, 0.15) is 5.01 Å². The molecule has 0 fully saturated rings. The lowest BCUT2D eigenvalue weighted by molar-refractivity contribution is 0.194. The van der Waals surface area contributed by atoms with E-state index in [2.05, 4.69) is 10.3 Å². The first-order valence-corrected chi connectivity index (χ1v) is 9.73. The third kappa shape index (κ3) is 4.99. The highest BCUT2D eigenvalue weighted by molar-refractivity contribution is 8.01. The van der Waals surface area contributed by atoms with Crippen LogP contribution in [0, 0.1) is 5.82 Å². The first-order chi connectivity index (χ1) is 13.1. The van der Waals surface area contributed by atoms with Gasteiger partial charge in [0, 0.05) is 23.4 Å². The van der Waals surface area contributed by atoms with Gasteiger partial charge in [-0.1, -0.05) is 30.0 Å². The number of nitrogens with one attached hydrogen (secondary N) is 1.